The van der Waals surface area contributed by atoms with E-state index in [0.29, 0.717) is 19.7 Å². The lowest BCUT2D eigenvalue weighted by Crippen LogP contribution is -2.41. The molecule has 0 radical (unpaired) electrons. The number of ether oxygens (including phenoxy) is 1. The molecule has 1 heterocycles. The van der Waals surface area contributed by atoms with Crippen LogP contribution in [0.3, 0.4) is 0 Å². The van der Waals surface area contributed by atoms with Gasteiger partial charge in [0.05, 0.1) is 24.9 Å². The Morgan fingerprint density at radius 3 is 2.68 bits per heavy atom. The topological polar surface area (TPSA) is 49.8 Å². The van der Waals surface area contributed by atoms with Gasteiger partial charge in [-0.2, -0.15) is 0 Å². The molecule has 0 aromatic heterocycles. The van der Waals surface area contributed by atoms with Crippen molar-refractivity contribution in [2.75, 3.05) is 26.3 Å². The van der Waals surface area contributed by atoms with Gasteiger partial charge in [-0.3, -0.25) is 4.79 Å². The third-order valence-electron chi connectivity index (χ3n) is 3.28. The molecule has 1 N–H and O–H groups in total. The molecule has 0 bridgehead atoms. The highest BCUT2D eigenvalue weighted by molar-refractivity contribution is 5.94. The molecule has 0 aliphatic carbocycles. The van der Waals surface area contributed by atoms with E-state index in [0.717, 1.165) is 12.8 Å². The Balaban J connectivity index is 1.91. The van der Waals surface area contributed by atoms with E-state index < -0.39 is 5.82 Å². The number of hydrogen-bond acceptors (Lipinski definition) is 3. The van der Waals surface area contributed by atoms with Crippen molar-refractivity contribution in [2.45, 2.75) is 18.9 Å². The molecule has 1 fully saturated rings. The highest BCUT2D eigenvalue weighted by atomic mass is 19.1. The van der Waals surface area contributed by atoms with Crippen LogP contribution in [0.15, 0.2) is 24.3 Å². The zero-order chi connectivity index (χ0) is 13.7. The summed E-state index contributed by atoms with van der Waals surface area (Å²) in [7, 11) is 0. The average molecular weight is 267 g/mol. The van der Waals surface area contributed by atoms with Crippen LogP contribution in [0.4, 0.5) is 4.39 Å². The second-order valence-electron chi connectivity index (χ2n) is 4.57. The van der Waals surface area contributed by atoms with E-state index in [9.17, 15) is 9.18 Å². The number of rotatable bonds is 4. The van der Waals surface area contributed by atoms with Crippen LogP contribution in [0.2, 0.25) is 0 Å². The summed E-state index contributed by atoms with van der Waals surface area (Å²) in [4.78, 5) is 13.8. The maximum absolute atomic E-state index is 13.5. The maximum atomic E-state index is 13.5. The predicted molar refractivity (Wildman–Crippen MR) is 68.4 cm³/mol. The molecule has 1 aliphatic rings. The summed E-state index contributed by atoms with van der Waals surface area (Å²) in [6.45, 7) is 1.45. The monoisotopic (exact) mass is 267 g/mol. The van der Waals surface area contributed by atoms with Crippen LogP contribution in [-0.4, -0.2) is 48.3 Å². The predicted octanol–water partition coefficient (Wildman–Crippen LogP) is 1.44. The molecule has 4 nitrogen and oxygen atoms in total. The van der Waals surface area contributed by atoms with E-state index >= 15 is 0 Å². The second-order valence-corrected chi connectivity index (χ2v) is 4.57. The fourth-order valence-electron chi connectivity index (χ4n) is 2.25. The number of nitrogens with zero attached hydrogens (tertiary/aromatic N) is 1. The van der Waals surface area contributed by atoms with E-state index in [2.05, 4.69) is 0 Å². The molecule has 1 aromatic carbocycles. The van der Waals surface area contributed by atoms with Gasteiger partial charge in [-0.25, -0.2) is 4.39 Å². The molecule has 1 amide bonds. The highest BCUT2D eigenvalue weighted by Gasteiger charge is 2.25. The number of carbonyl (C=O) groups excluding carboxylic acids is 1. The molecule has 19 heavy (non-hydrogen) atoms. The Hall–Kier alpha value is -1.46. The lowest BCUT2D eigenvalue weighted by Gasteiger charge is -2.32. The summed E-state index contributed by atoms with van der Waals surface area (Å²) >= 11 is 0. The number of carbonyl (C=O) groups is 1. The van der Waals surface area contributed by atoms with Crippen LogP contribution in [0.5, 0.6) is 0 Å². The molecule has 0 saturated carbocycles. The summed E-state index contributed by atoms with van der Waals surface area (Å²) in [6.07, 6.45) is 1.53. The van der Waals surface area contributed by atoms with Crippen molar-refractivity contribution in [3.63, 3.8) is 0 Å². The third-order valence-corrected chi connectivity index (χ3v) is 3.28. The van der Waals surface area contributed by atoms with Crippen LogP contribution >= 0.6 is 0 Å². The van der Waals surface area contributed by atoms with Crippen LogP contribution in [0.1, 0.15) is 23.2 Å². The zero-order valence-electron chi connectivity index (χ0n) is 10.7. The molecule has 104 valence electrons. The summed E-state index contributed by atoms with van der Waals surface area (Å²) in [5.74, 6) is -0.745. The Morgan fingerprint density at radius 1 is 1.37 bits per heavy atom. The third kappa shape index (κ3) is 3.52. The van der Waals surface area contributed by atoms with Gasteiger partial charge in [0.1, 0.15) is 5.82 Å². The van der Waals surface area contributed by atoms with Crippen molar-refractivity contribution in [2.24, 2.45) is 0 Å². The van der Waals surface area contributed by atoms with Gasteiger partial charge < -0.3 is 14.7 Å². The average Bonchev–Trinajstić information content (AvgIpc) is 2.45. The van der Waals surface area contributed by atoms with Gasteiger partial charge in [0.25, 0.3) is 5.91 Å². The largest absolute Gasteiger partial charge is 0.394 e. The van der Waals surface area contributed by atoms with Crippen molar-refractivity contribution >= 4 is 5.91 Å². The summed E-state index contributed by atoms with van der Waals surface area (Å²) in [5, 5.41) is 8.69. The Labute approximate surface area is 111 Å². The van der Waals surface area contributed by atoms with Gasteiger partial charge in [-0.15, -0.1) is 0 Å². The first-order valence-electron chi connectivity index (χ1n) is 6.48. The molecule has 5 heteroatoms. The van der Waals surface area contributed by atoms with E-state index in [1.54, 1.807) is 17.0 Å². The number of aliphatic hydroxyl groups is 1. The van der Waals surface area contributed by atoms with Crippen molar-refractivity contribution in [3.05, 3.63) is 35.6 Å². The molecular formula is C14H18FNO3. The highest BCUT2D eigenvalue weighted by Crippen LogP contribution is 2.17. The molecule has 0 atom stereocenters. The van der Waals surface area contributed by atoms with Crippen molar-refractivity contribution < 1.29 is 19.0 Å². The minimum atomic E-state index is -0.480. The Kier molecular flexibility index (Phi) is 4.87. The van der Waals surface area contributed by atoms with Crippen molar-refractivity contribution in [1.82, 2.24) is 4.90 Å². The van der Waals surface area contributed by atoms with Crippen LogP contribution in [0.25, 0.3) is 0 Å². The molecule has 0 unspecified atom stereocenters. The molecule has 1 aliphatic heterocycles. The second kappa shape index (κ2) is 6.63. The number of hydrogen-bond donors (Lipinski definition) is 1. The lowest BCUT2D eigenvalue weighted by molar-refractivity contribution is -0.00561. The smallest absolute Gasteiger partial charge is 0.256 e. The normalized spacial score (nSPS) is 16.6. The van der Waals surface area contributed by atoms with Gasteiger partial charge in [0, 0.05) is 13.1 Å². The first kappa shape index (κ1) is 14.0. The summed E-state index contributed by atoms with van der Waals surface area (Å²) < 4.78 is 19.0. The first-order valence-corrected chi connectivity index (χ1v) is 6.48. The molecule has 2 rings (SSSR count). The van der Waals surface area contributed by atoms with Crippen LogP contribution < -0.4 is 0 Å². The van der Waals surface area contributed by atoms with Gasteiger partial charge in [-0.05, 0) is 25.0 Å². The number of halogens is 1. The minimum absolute atomic E-state index is 0.00830. The summed E-state index contributed by atoms with van der Waals surface area (Å²) in [5.41, 5.74) is 0.122. The van der Waals surface area contributed by atoms with Gasteiger partial charge in [0.2, 0.25) is 0 Å². The first-order chi connectivity index (χ1) is 9.22. The quantitative estimate of drug-likeness (QED) is 0.898. The van der Waals surface area contributed by atoms with Crippen LogP contribution in [-0.2, 0) is 4.74 Å². The fourth-order valence-corrected chi connectivity index (χ4v) is 2.25. The van der Waals surface area contributed by atoms with E-state index in [1.807, 2.05) is 0 Å². The van der Waals surface area contributed by atoms with Gasteiger partial charge in [0.15, 0.2) is 0 Å². The molecule has 1 saturated heterocycles. The Bertz CT molecular complexity index is 430. The van der Waals surface area contributed by atoms with Crippen molar-refractivity contribution in [3.8, 4) is 0 Å². The van der Waals surface area contributed by atoms with Crippen molar-refractivity contribution in [1.29, 1.82) is 0 Å². The zero-order valence-corrected chi connectivity index (χ0v) is 10.7. The minimum Gasteiger partial charge on any atom is -0.394 e. The van der Waals surface area contributed by atoms with E-state index in [-0.39, 0.29) is 24.2 Å². The summed E-state index contributed by atoms with van der Waals surface area (Å²) in [6, 6.07) is 6.03. The molecule has 1 aromatic rings. The maximum Gasteiger partial charge on any atom is 0.256 e. The number of likely N-dealkylation sites (tertiary alicyclic amines) is 1. The fraction of sp³-hybridized carbons (Fsp3) is 0.500. The lowest BCUT2D eigenvalue weighted by atomic mass is 10.1. The van der Waals surface area contributed by atoms with Gasteiger partial charge in [-0.1, -0.05) is 12.1 Å². The number of benzene rings is 1. The number of amides is 1. The standard InChI is InChI=1S/C14H18FNO3/c15-13-4-2-1-3-12(13)14(18)16-7-5-11(6-8-16)19-10-9-17/h1-4,11,17H,5-10H2. The molecular weight excluding hydrogens is 249 g/mol. The Morgan fingerprint density at radius 2 is 2.05 bits per heavy atom. The SMILES string of the molecule is O=C(c1ccccc1F)N1CCC(OCCO)CC1. The van der Waals surface area contributed by atoms with Gasteiger partial charge >= 0.3 is 0 Å². The van der Waals surface area contributed by atoms with E-state index in [4.69, 9.17) is 9.84 Å². The number of aliphatic hydroxyl groups excluding tert-OH is 1. The van der Waals surface area contributed by atoms with E-state index in [1.165, 1.54) is 12.1 Å². The van der Waals surface area contributed by atoms with Crippen LogP contribution in [0, 0.1) is 5.82 Å². The number of piperidine rings is 1. The molecule has 0 spiro atoms.